The van der Waals surface area contributed by atoms with Gasteiger partial charge in [-0.15, -0.1) is 0 Å². The number of nitrogens with two attached hydrogens (primary N) is 1. The molecule has 2 aromatic rings. The maximum absolute atomic E-state index is 5.64. The molecule has 0 spiro atoms. The van der Waals surface area contributed by atoms with Crippen LogP contribution in [0.25, 0.3) is 0 Å². The van der Waals surface area contributed by atoms with Crippen molar-refractivity contribution in [2.45, 2.75) is 25.8 Å². The van der Waals surface area contributed by atoms with Crippen molar-refractivity contribution >= 4 is 11.4 Å². The van der Waals surface area contributed by atoms with E-state index in [4.69, 9.17) is 10.2 Å². The van der Waals surface area contributed by atoms with Crippen molar-refractivity contribution in [1.82, 2.24) is 0 Å². The zero-order valence-corrected chi connectivity index (χ0v) is 10.0. The molecule has 0 aliphatic heterocycles. The van der Waals surface area contributed by atoms with E-state index < -0.39 is 0 Å². The average molecular weight is 230 g/mol. The third-order valence-electron chi connectivity index (χ3n) is 2.73. The molecule has 1 unspecified atom stereocenters. The average Bonchev–Trinajstić information content (AvgIpc) is 2.83. The van der Waals surface area contributed by atoms with Gasteiger partial charge in [0.05, 0.1) is 6.26 Å². The lowest BCUT2D eigenvalue weighted by Gasteiger charge is -2.14. The number of aryl methyl sites for hydroxylation is 1. The fourth-order valence-corrected chi connectivity index (χ4v) is 1.75. The van der Waals surface area contributed by atoms with Gasteiger partial charge in [-0.3, -0.25) is 0 Å². The molecule has 0 saturated heterocycles. The summed E-state index contributed by atoms with van der Waals surface area (Å²) in [5, 5.41) is 3.43. The molecule has 0 bridgehead atoms. The first-order chi connectivity index (χ1) is 8.24. The Labute approximate surface area is 102 Å². The van der Waals surface area contributed by atoms with Gasteiger partial charge in [-0.05, 0) is 49.7 Å². The minimum absolute atomic E-state index is 0.406. The zero-order valence-electron chi connectivity index (χ0n) is 10.0. The Hall–Kier alpha value is -1.90. The minimum atomic E-state index is 0.406. The highest BCUT2D eigenvalue weighted by Gasteiger charge is 2.04. The summed E-state index contributed by atoms with van der Waals surface area (Å²) in [7, 11) is 0. The van der Waals surface area contributed by atoms with E-state index in [9.17, 15) is 0 Å². The molecule has 17 heavy (non-hydrogen) atoms. The van der Waals surface area contributed by atoms with E-state index in [2.05, 4.69) is 12.2 Å². The first kappa shape index (κ1) is 11.6. The predicted molar refractivity (Wildman–Crippen MR) is 71.0 cm³/mol. The Balaban J connectivity index is 1.80. The van der Waals surface area contributed by atoms with Crippen molar-refractivity contribution < 1.29 is 4.42 Å². The normalized spacial score (nSPS) is 12.3. The lowest BCUT2D eigenvalue weighted by Crippen LogP contribution is -2.15. The number of hydrogen-bond donors (Lipinski definition) is 2. The molecular formula is C14H18N2O. The Kier molecular flexibility index (Phi) is 3.70. The van der Waals surface area contributed by atoms with E-state index in [0.717, 1.165) is 30.0 Å². The summed E-state index contributed by atoms with van der Waals surface area (Å²) >= 11 is 0. The van der Waals surface area contributed by atoms with Crippen LogP contribution in [0.1, 0.15) is 19.1 Å². The van der Waals surface area contributed by atoms with Crippen molar-refractivity contribution in [1.29, 1.82) is 0 Å². The molecule has 0 radical (unpaired) electrons. The van der Waals surface area contributed by atoms with Crippen molar-refractivity contribution in [2.24, 2.45) is 0 Å². The smallest absolute Gasteiger partial charge is 0.103 e. The number of nitrogen functional groups attached to an aromatic ring is 1. The van der Waals surface area contributed by atoms with Crippen molar-refractivity contribution in [3.63, 3.8) is 0 Å². The SMILES string of the molecule is CC(CCc1ccco1)Nc1ccc(N)cc1. The van der Waals surface area contributed by atoms with Gasteiger partial charge in [-0.1, -0.05) is 0 Å². The number of rotatable bonds is 5. The first-order valence-electron chi connectivity index (χ1n) is 5.88. The summed E-state index contributed by atoms with van der Waals surface area (Å²) in [6.07, 6.45) is 3.71. The van der Waals surface area contributed by atoms with Crippen LogP contribution in [-0.2, 0) is 6.42 Å². The topological polar surface area (TPSA) is 51.2 Å². The molecule has 3 heteroatoms. The number of benzene rings is 1. The third-order valence-corrected chi connectivity index (χ3v) is 2.73. The van der Waals surface area contributed by atoms with Crippen LogP contribution in [0.3, 0.4) is 0 Å². The van der Waals surface area contributed by atoms with E-state index in [1.54, 1.807) is 6.26 Å². The maximum Gasteiger partial charge on any atom is 0.103 e. The first-order valence-corrected chi connectivity index (χ1v) is 5.88. The molecule has 0 fully saturated rings. The summed E-state index contributed by atoms with van der Waals surface area (Å²) in [5.41, 5.74) is 7.53. The van der Waals surface area contributed by atoms with E-state index in [1.165, 1.54) is 0 Å². The van der Waals surface area contributed by atoms with Crippen LogP contribution in [-0.4, -0.2) is 6.04 Å². The minimum Gasteiger partial charge on any atom is -0.469 e. The Morgan fingerprint density at radius 1 is 1.24 bits per heavy atom. The van der Waals surface area contributed by atoms with Gasteiger partial charge >= 0.3 is 0 Å². The lowest BCUT2D eigenvalue weighted by atomic mass is 10.1. The Bertz CT molecular complexity index is 434. The molecule has 1 aromatic heterocycles. The van der Waals surface area contributed by atoms with Crippen LogP contribution >= 0.6 is 0 Å². The molecule has 2 rings (SSSR count). The van der Waals surface area contributed by atoms with Crippen molar-refractivity contribution in [3.8, 4) is 0 Å². The van der Waals surface area contributed by atoms with Crippen LogP contribution in [0, 0.1) is 0 Å². The second-order valence-corrected chi connectivity index (χ2v) is 4.29. The van der Waals surface area contributed by atoms with E-state index in [-0.39, 0.29) is 0 Å². The molecule has 0 amide bonds. The lowest BCUT2D eigenvalue weighted by molar-refractivity contribution is 0.495. The van der Waals surface area contributed by atoms with Gasteiger partial charge in [-0.2, -0.15) is 0 Å². The highest BCUT2D eigenvalue weighted by molar-refractivity contribution is 5.51. The number of hydrogen-bond acceptors (Lipinski definition) is 3. The quantitative estimate of drug-likeness (QED) is 0.775. The monoisotopic (exact) mass is 230 g/mol. The molecule has 0 aliphatic rings. The van der Waals surface area contributed by atoms with Crippen LogP contribution in [0.5, 0.6) is 0 Å². The summed E-state index contributed by atoms with van der Waals surface area (Å²) in [5.74, 6) is 1.04. The van der Waals surface area contributed by atoms with Gasteiger partial charge in [0.1, 0.15) is 5.76 Å². The van der Waals surface area contributed by atoms with Crippen LogP contribution < -0.4 is 11.1 Å². The summed E-state index contributed by atoms with van der Waals surface area (Å²) in [6, 6.07) is 12.1. The third kappa shape index (κ3) is 3.55. The van der Waals surface area contributed by atoms with E-state index >= 15 is 0 Å². The van der Waals surface area contributed by atoms with Gasteiger partial charge in [-0.25, -0.2) is 0 Å². The fraction of sp³-hybridized carbons (Fsp3) is 0.286. The molecule has 90 valence electrons. The summed E-state index contributed by atoms with van der Waals surface area (Å²) < 4.78 is 5.31. The van der Waals surface area contributed by atoms with Gasteiger partial charge in [0.25, 0.3) is 0 Å². The van der Waals surface area contributed by atoms with E-state index in [0.29, 0.717) is 6.04 Å². The maximum atomic E-state index is 5.64. The van der Waals surface area contributed by atoms with E-state index in [1.807, 2.05) is 36.4 Å². The number of nitrogens with one attached hydrogen (secondary N) is 1. The number of furan rings is 1. The highest BCUT2D eigenvalue weighted by atomic mass is 16.3. The van der Waals surface area contributed by atoms with Crippen LogP contribution in [0.15, 0.2) is 47.1 Å². The largest absolute Gasteiger partial charge is 0.469 e. The van der Waals surface area contributed by atoms with Crippen molar-refractivity contribution in [3.05, 3.63) is 48.4 Å². The fourth-order valence-electron chi connectivity index (χ4n) is 1.75. The molecule has 1 atom stereocenters. The number of anilines is 2. The van der Waals surface area contributed by atoms with Gasteiger partial charge in [0.2, 0.25) is 0 Å². The van der Waals surface area contributed by atoms with Crippen molar-refractivity contribution in [2.75, 3.05) is 11.1 Å². The second-order valence-electron chi connectivity index (χ2n) is 4.29. The predicted octanol–water partition coefficient (Wildman–Crippen LogP) is 3.30. The molecule has 1 aromatic carbocycles. The highest BCUT2D eigenvalue weighted by Crippen LogP contribution is 2.14. The van der Waals surface area contributed by atoms with Gasteiger partial charge < -0.3 is 15.5 Å². The molecule has 1 heterocycles. The summed E-state index contributed by atoms with van der Waals surface area (Å²) in [4.78, 5) is 0. The van der Waals surface area contributed by atoms with Gasteiger partial charge in [0, 0.05) is 23.8 Å². The Morgan fingerprint density at radius 3 is 2.65 bits per heavy atom. The zero-order chi connectivity index (χ0) is 12.1. The molecular weight excluding hydrogens is 212 g/mol. The summed E-state index contributed by atoms with van der Waals surface area (Å²) in [6.45, 7) is 2.17. The Morgan fingerprint density at radius 2 is 2.00 bits per heavy atom. The molecule has 0 saturated carbocycles. The second kappa shape index (κ2) is 5.43. The molecule has 0 aliphatic carbocycles. The van der Waals surface area contributed by atoms with Gasteiger partial charge in [0.15, 0.2) is 0 Å². The van der Waals surface area contributed by atoms with Crippen LogP contribution in [0.4, 0.5) is 11.4 Å². The van der Waals surface area contributed by atoms with Crippen LogP contribution in [0.2, 0.25) is 0 Å². The molecule has 3 nitrogen and oxygen atoms in total. The standard InChI is InChI=1S/C14H18N2O/c1-11(4-9-14-3-2-10-17-14)16-13-7-5-12(15)6-8-13/h2-3,5-8,10-11,16H,4,9,15H2,1H3. The molecule has 3 N–H and O–H groups in total.